The lowest BCUT2D eigenvalue weighted by Crippen LogP contribution is -2.34. The zero-order valence-corrected chi connectivity index (χ0v) is 7.26. The molecule has 1 aliphatic rings. The lowest BCUT2D eigenvalue weighted by Gasteiger charge is -2.25. The van der Waals surface area contributed by atoms with Crippen molar-refractivity contribution in [2.75, 3.05) is 0 Å². The fraction of sp³-hybridized carbons (Fsp3) is 0.857. The Bertz CT molecular complexity index is 186. The first-order chi connectivity index (χ1) is 5.13. The molecule has 1 fully saturated rings. The van der Waals surface area contributed by atoms with Crippen molar-refractivity contribution < 1.29 is 14.1 Å². The van der Waals surface area contributed by atoms with E-state index in [2.05, 4.69) is 0 Å². The lowest BCUT2D eigenvalue weighted by molar-refractivity contribution is -0.136. The Labute approximate surface area is 68.3 Å². The van der Waals surface area contributed by atoms with Crippen LogP contribution in [0, 0.1) is 0 Å². The van der Waals surface area contributed by atoms with Gasteiger partial charge in [0.25, 0.3) is 0 Å². The Kier molecular flexibility index (Phi) is 2.65. The van der Waals surface area contributed by atoms with Crippen molar-refractivity contribution >= 4 is 16.8 Å². The molecule has 2 atom stereocenters. The molecule has 64 valence electrons. The zero-order chi connectivity index (χ0) is 8.43. The maximum atomic E-state index is 11.3. The third kappa shape index (κ3) is 1.80. The van der Waals surface area contributed by atoms with Crippen LogP contribution in [0.15, 0.2) is 0 Å². The summed E-state index contributed by atoms with van der Waals surface area (Å²) in [5.74, 6) is -0.949. The molecule has 0 radical (unpaired) electrons. The normalized spacial score (nSPS) is 23.7. The van der Waals surface area contributed by atoms with Crippen LogP contribution in [-0.2, 0) is 15.6 Å². The molecule has 2 unspecified atom stereocenters. The standard InChI is InChI=1S/C7H12O3S/c1-5(7(8)9)11(10)6-3-2-4-6/h5-6H,2-4H2,1H3,(H,8,9). The van der Waals surface area contributed by atoms with Crippen LogP contribution in [0.5, 0.6) is 0 Å². The Morgan fingerprint density at radius 2 is 2.18 bits per heavy atom. The zero-order valence-electron chi connectivity index (χ0n) is 6.45. The summed E-state index contributed by atoms with van der Waals surface area (Å²) in [5.41, 5.74) is 0. The largest absolute Gasteiger partial charge is 0.480 e. The number of carbonyl (C=O) groups is 1. The van der Waals surface area contributed by atoms with Crippen molar-refractivity contribution in [1.82, 2.24) is 0 Å². The van der Waals surface area contributed by atoms with Gasteiger partial charge < -0.3 is 5.11 Å². The van der Waals surface area contributed by atoms with Crippen molar-refractivity contribution in [3.63, 3.8) is 0 Å². The van der Waals surface area contributed by atoms with Gasteiger partial charge in [-0.05, 0) is 19.8 Å². The van der Waals surface area contributed by atoms with Crippen LogP contribution >= 0.6 is 0 Å². The maximum Gasteiger partial charge on any atom is 0.318 e. The number of hydrogen-bond donors (Lipinski definition) is 1. The van der Waals surface area contributed by atoms with E-state index in [9.17, 15) is 9.00 Å². The topological polar surface area (TPSA) is 54.4 Å². The summed E-state index contributed by atoms with van der Waals surface area (Å²) in [6.07, 6.45) is 2.97. The van der Waals surface area contributed by atoms with Crippen LogP contribution in [0.4, 0.5) is 0 Å². The molecule has 4 heteroatoms. The van der Waals surface area contributed by atoms with E-state index in [4.69, 9.17) is 5.11 Å². The molecule has 1 rings (SSSR count). The highest BCUT2D eigenvalue weighted by atomic mass is 32.2. The first-order valence-electron chi connectivity index (χ1n) is 3.75. The molecule has 1 saturated carbocycles. The minimum Gasteiger partial charge on any atom is -0.480 e. The average molecular weight is 176 g/mol. The van der Waals surface area contributed by atoms with Crippen molar-refractivity contribution in [3.8, 4) is 0 Å². The summed E-state index contributed by atoms with van der Waals surface area (Å²) >= 11 is 0. The van der Waals surface area contributed by atoms with E-state index in [1.165, 1.54) is 6.92 Å². The molecule has 0 spiro atoms. The Morgan fingerprint density at radius 1 is 1.64 bits per heavy atom. The number of aliphatic carboxylic acids is 1. The van der Waals surface area contributed by atoms with Gasteiger partial charge >= 0.3 is 5.97 Å². The van der Waals surface area contributed by atoms with E-state index in [1.54, 1.807) is 0 Å². The van der Waals surface area contributed by atoms with Crippen LogP contribution < -0.4 is 0 Å². The molecule has 0 aromatic carbocycles. The van der Waals surface area contributed by atoms with Gasteiger partial charge in [-0.2, -0.15) is 0 Å². The van der Waals surface area contributed by atoms with Crippen molar-refractivity contribution in [2.24, 2.45) is 0 Å². The van der Waals surface area contributed by atoms with Gasteiger partial charge in [0.1, 0.15) is 5.25 Å². The average Bonchev–Trinajstić information content (AvgIpc) is 1.82. The van der Waals surface area contributed by atoms with Crippen molar-refractivity contribution in [2.45, 2.75) is 36.7 Å². The lowest BCUT2D eigenvalue weighted by atomic mass is 10.00. The molecule has 11 heavy (non-hydrogen) atoms. The minimum atomic E-state index is -1.15. The van der Waals surface area contributed by atoms with Gasteiger partial charge in [-0.3, -0.25) is 9.00 Å². The van der Waals surface area contributed by atoms with Gasteiger partial charge in [-0.25, -0.2) is 0 Å². The second-order valence-corrected chi connectivity index (χ2v) is 4.89. The van der Waals surface area contributed by atoms with Crippen LogP contribution in [0.3, 0.4) is 0 Å². The van der Waals surface area contributed by atoms with Crippen LogP contribution in [0.2, 0.25) is 0 Å². The van der Waals surface area contributed by atoms with Gasteiger partial charge in [0.15, 0.2) is 0 Å². The number of hydrogen-bond acceptors (Lipinski definition) is 2. The van der Waals surface area contributed by atoms with Crippen molar-refractivity contribution in [1.29, 1.82) is 0 Å². The maximum absolute atomic E-state index is 11.3. The SMILES string of the molecule is CC(C(=O)O)S(=O)C1CCC1. The second kappa shape index (κ2) is 3.34. The third-order valence-corrected chi connectivity index (χ3v) is 4.10. The fourth-order valence-electron chi connectivity index (χ4n) is 0.991. The Hall–Kier alpha value is -0.380. The number of rotatable bonds is 3. The number of carboxylic acids is 1. The van der Waals surface area contributed by atoms with Crippen molar-refractivity contribution in [3.05, 3.63) is 0 Å². The molecule has 0 amide bonds. The predicted octanol–water partition coefficient (Wildman–Crippen LogP) is 0.761. The summed E-state index contributed by atoms with van der Waals surface area (Å²) < 4.78 is 11.3. The molecule has 0 aromatic heterocycles. The highest BCUT2D eigenvalue weighted by molar-refractivity contribution is 7.87. The van der Waals surface area contributed by atoms with E-state index in [1.807, 2.05) is 0 Å². The molecule has 0 saturated heterocycles. The van der Waals surface area contributed by atoms with E-state index in [0.717, 1.165) is 19.3 Å². The highest BCUT2D eigenvalue weighted by Crippen LogP contribution is 2.26. The molecule has 0 aliphatic heterocycles. The van der Waals surface area contributed by atoms with E-state index in [-0.39, 0.29) is 5.25 Å². The number of carboxylic acid groups (broad SMARTS) is 1. The van der Waals surface area contributed by atoms with Crippen LogP contribution in [-0.4, -0.2) is 25.8 Å². The van der Waals surface area contributed by atoms with Gasteiger partial charge in [0.2, 0.25) is 0 Å². The smallest absolute Gasteiger partial charge is 0.318 e. The summed E-state index contributed by atoms with van der Waals surface area (Å²) in [7, 11) is -1.15. The van der Waals surface area contributed by atoms with Crippen LogP contribution in [0.25, 0.3) is 0 Å². The van der Waals surface area contributed by atoms with Gasteiger partial charge in [0.05, 0.1) is 0 Å². The summed E-state index contributed by atoms with van der Waals surface area (Å²) in [6.45, 7) is 1.51. The Morgan fingerprint density at radius 3 is 2.45 bits per heavy atom. The quantitative estimate of drug-likeness (QED) is 0.690. The fourth-order valence-corrected chi connectivity index (χ4v) is 2.57. The molecule has 1 aliphatic carbocycles. The minimum absolute atomic E-state index is 0.154. The van der Waals surface area contributed by atoms with E-state index < -0.39 is 22.0 Å². The summed E-state index contributed by atoms with van der Waals surface area (Å²) in [4.78, 5) is 10.4. The third-order valence-electron chi connectivity index (χ3n) is 2.08. The Balaban J connectivity index is 2.45. The monoisotopic (exact) mass is 176 g/mol. The summed E-state index contributed by atoms with van der Waals surface area (Å²) in [6, 6.07) is 0. The molecular formula is C7H12O3S. The van der Waals surface area contributed by atoms with E-state index >= 15 is 0 Å². The molecule has 0 heterocycles. The van der Waals surface area contributed by atoms with E-state index in [0.29, 0.717) is 0 Å². The molecule has 0 aromatic rings. The summed E-state index contributed by atoms with van der Waals surface area (Å²) in [5, 5.41) is 7.99. The van der Waals surface area contributed by atoms with Crippen LogP contribution in [0.1, 0.15) is 26.2 Å². The molecule has 0 bridgehead atoms. The van der Waals surface area contributed by atoms with Gasteiger partial charge in [-0.1, -0.05) is 6.42 Å². The highest BCUT2D eigenvalue weighted by Gasteiger charge is 2.30. The predicted molar refractivity (Wildman–Crippen MR) is 42.9 cm³/mol. The molecule has 1 N–H and O–H groups in total. The van der Waals surface area contributed by atoms with Gasteiger partial charge in [-0.15, -0.1) is 0 Å². The molecular weight excluding hydrogens is 164 g/mol. The second-order valence-electron chi connectivity index (χ2n) is 2.86. The van der Waals surface area contributed by atoms with Gasteiger partial charge in [0, 0.05) is 16.0 Å². The first kappa shape index (κ1) is 8.71. The first-order valence-corrected chi connectivity index (χ1v) is 5.02. The molecule has 3 nitrogen and oxygen atoms in total.